The number of amides is 1. The summed E-state index contributed by atoms with van der Waals surface area (Å²) in [5.41, 5.74) is -0.751. The van der Waals surface area contributed by atoms with E-state index in [9.17, 15) is 14.7 Å². The van der Waals surface area contributed by atoms with Crippen molar-refractivity contribution in [3.63, 3.8) is 0 Å². The number of carbonyl (C=O) groups is 2. The number of likely N-dealkylation sites (tertiary alicyclic amines) is 1. The first-order valence-electron chi connectivity index (χ1n) is 6.60. The third-order valence-corrected chi connectivity index (χ3v) is 4.00. The van der Waals surface area contributed by atoms with E-state index in [1.165, 1.54) is 0 Å². The number of nitrogens with zero attached hydrogens (tertiary/aromatic N) is 1. The zero-order valence-electron chi connectivity index (χ0n) is 11.5. The SMILES string of the molecule is CNCCCC(=O)N1CCC(C(=O)O)(C(C)C)C1. The minimum Gasteiger partial charge on any atom is -0.481 e. The van der Waals surface area contributed by atoms with Crippen LogP contribution >= 0.6 is 0 Å². The summed E-state index contributed by atoms with van der Waals surface area (Å²) >= 11 is 0. The Balaban J connectivity index is 2.58. The summed E-state index contributed by atoms with van der Waals surface area (Å²) < 4.78 is 0. The minimum absolute atomic E-state index is 0.0464. The van der Waals surface area contributed by atoms with E-state index in [4.69, 9.17) is 0 Å². The van der Waals surface area contributed by atoms with Crippen molar-refractivity contribution in [1.29, 1.82) is 0 Å². The van der Waals surface area contributed by atoms with Gasteiger partial charge in [0.15, 0.2) is 0 Å². The lowest BCUT2D eigenvalue weighted by molar-refractivity contribution is -0.151. The standard InChI is InChI=1S/C13H24N2O3/c1-10(2)13(12(17)18)6-8-15(9-13)11(16)5-4-7-14-3/h10,14H,4-9H2,1-3H3,(H,17,18). The normalized spacial score (nSPS) is 23.7. The van der Waals surface area contributed by atoms with Crippen LogP contribution in [0.1, 0.15) is 33.1 Å². The number of nitrogens with one attached hydrogen (secondary N) is 1. The van der Waals surface area contributed by atoms with E-state index in [2.05, 4.69) is 5.32 Å². The summed E-state index contributed by atoms with van der Waals surface area (Å²) in [6, 6.07) is 0. The highest BCUT2D eigenvalue weighted by molar-refractivity contribution is 5.80. The Kier molecular flexibility index (Phi) is 5.14. The maximum absolute atomic E-state index is 12.0. The predicted molar refractivity (Wildman–Crippen MR) is 69.3 cm³/mol. The molecule has 1 fully saturated rings. The quantitative estimate of drug-likeness (QED) is 0.694. The summed E-state index contributed by atoms with van der Waals surface area (Å²) in [6.45, 7) is 5.58. The molecular formula is C13H24N2O3. The lowest BCUT2D eigenvalue weighted by Gasteiger charge is -2.28. The van der Waals surface area contributed by atoms with Gasteiger partial charge in [-0.1, -0.05) is 13.8 Å². The van der Waals surface area contributed by atoms with Crippen LogP contribution in [0, 0.1) is 11.3 Å². The Labute approximate surface area is 109 Å². The second-order valence-corrected chi connectivity index (χ2v) is 5.39. The molecule has 5 nitrogen and oxygen atoms in total. The molecule has 0 aromatic carbocycles. The van der Waals surface area contributed by atoms with Gasteiger partial charge in [-0.3, -0.25) is 9.59 Å². The van der Waals surface area contributed by atoms with Gasteiger partial charge in [0, 0.05) is 19.5 Å². The molecule has 1 aliphatic heterocycles. The van der Waals surface area contributed by atoms with Gasteiger partial charge in [-0.2, -0.15) is 0 Å². The summed E-state index contributed by atoms with van der Waals surface area (Å²) in [6.07, 6.45) is 1.86. The van der Waals surface area contributed by atoms with Crippen LogP contribution in [0.2, 0.25) is 0 Å². The Hall–Kier alpha value is -1.10. The minimum atomic E-state index is -0.775. The number of rotatable bonds is 6. The zero-order chi connectivity index (χ0) is 13.8. The van der Waals surface area contributed by atoms with Gasteiger partial charge in [0.2, 0.25) is 5.91 Å². The van der Waals surface area contributed by atoms with E-state index in [1.807, 2.05) is 20.9 Å². The smallest absolute Gasteiger partial charge is 0.311 e. The van der Waals surface area contributed by atoms with Crippen LogP contribution in [-0.2, 0) is 9.59 Å². The zero-order valence-corrected chi connectivity index (χ0v) is 11.5. The van der Waals surface area contributed by atoms with Gasteiger partial charge in [-0.25, -0.2) is 0 Å². The average molecular weight is 256 g/mol. The molecule has 1 rings (SSSR count). The van der Waals surface area contributed by atoms with Crippen LogP contribution in [0.15, 0.2) is 0 Å². The molecule has 18 heavy (non-hydrogen) atoms. The molecule has 1 unspecified atom stereocenters. The molecule has 1 saturated heterocycles. The molecule has 1 amide bonds. The van der Waals surface area contributed by atoms with Gasteiger partial charge in [-0.15, -0.1) is 0 Å². The lowest BCUT2D eigenvalue weighted by Crippen LogP contribution is -2.40. The highest BCUT2D eigenvalue weighted by Crippen LogP contribution is 2.38. The maximum atomic E-state index is 12.0. The molecular weight excluding hydrogens is 232 g/mol. The van der Waals surface area contributed by atoms with Crippen LogP contribution in [0.25, 0.3) is 0 Å². The Morgan fingerprint density at radius 3 is 2.56 bits per heavy atom. The van der Waals surface area contributed by atoms with Crippen molar-refractivity contribution in [3.8, 4) is 0 Å². The lowest BCUT2D eigenvalue weighted by atomic mass is 9.76. The fourth-order valence-electron chi connectivity index (χ4n) is 2.51. The Bertz CT molecular complexity index is 317. The Morgan fingerprint density at radius 2 is 2.11 bits per heavy atom. The molecule has 0 bridgehead atoms. The van der Waals surface area contributed by atoms with Crippen molar-refractivity contribution in [2.75, 3.05) is 26.7 Å². The highest BCUT2D eigenvalue weighted by atomic mass is 16.4. The van der Waals surface area contributed by atoms with Crippen LogP contribution in [-0.4, -0.2) is 48.6 Å². The molecule has 1 heterocycles. The third kappa shape index (κ3) is 3.02. The number of carboxylic acids is 1. The number of hydrogen-bond donors (Lipinski definition) is 2. The first-order chi connectivity index (χ1) is 8.44. The van der Waals surface area contributed by atoms with Crippen LogP contribution in [0.5, 0.6) is 0 Å². The average Bonchev–Trinajstić information content (AvgIpc) is 2.75. The van der Waals surface area contributed by atoms with Crippen LogP contribution < -0.4 is 5.32 Å². The summed E-state index contributed by atoms with van der Waals surface area (Å²) in [7, 11) is 1.86. The molecule has 0 spiro atoms. The van der Waals surface area contributed by atoms with Crippen molar-refractivity contribution in [1.82, 2.24) is 10.2 Å². The van der Waals surface area contributed by atoms with Crippen molar-refractivity contribution < 1.29 is 14.7 Å². The number of aliphatic carboxylic acids is 1. The molecule has 1 aliphatic rings. The molecule has 0 aliphatic carbocycles. The third-order valence-electron chi connectivity index (χ3n) is 4.00. The van der Waals surface area contributed by atoms with Crippen LogP contribution in [0.4, 0.5) is 0 Å². The topological polar surface area (TPSA) is 69.6 Å². The first-order valence-corrected chi connectivity index (χ1v) is 6.60. The van der Waals surface area contributed by atoms with E-state index < -0.39 is 11.4 Å². The molecule has 1 atom stereocenters. The van der Waals surface area contributed by atoms with Crippen molar-refractivity contribution in [3.05, 3.63) is 0 Å². The monoisotopic (exact) mass is 256 g/mol. The van der Waals surface area contributed by atoms with E-state index in [-0.39, 0.29) is 11.8 Å². The highest BCUT2D eigenvalue weighted by Gasteiger charge is 2.48. The van der Waals surface area contributed by atoms with E-state index in [0.717, 1.165) is 13.0 Å². The molecule has 0 radical (unpaired) electrons. The second kappa shape index (κ2) is 6.18. The van der Waals surface area contributed by atoms with Gasteiger partial charge in [0.25, 0.3) is 0 Å². The van der Waals surface area contributed by atoms with Gasteiger partial charge in [-0.05, 0) is 32.4 Å². The largest absolute Gasteiger partial charge is 0.481 e. The van der Waals surface area contributed by atoms with Gasteiger partial charge < -0.3 is 15.3 Å². The van der Waals surface area contributed by atoms with E-state index >= 15 is 0 Å². The molecule has 0 saturated carbocycles. The van der Waals surface area contributed by atoms with Crippen LogP contribution in [0.3, 0.4) is 0 Å². The molecule has 104 valence electrons. The molecule has 2 N–H and O–H groups in total. The Morgan fingerprint density at radius 1 is 1.44 bits per heavy atom. The molecule has 5 heteroatoms. The summed E-state index contributed by atoms with van der Waals surface area (Å²) in [4.78, 5) is 25.1. The molecule has 0 aromatic heterocycles. The van der Waals surface area contributed by atoms with Gasteiger partial charge >= 0.3 is 5.97 Å². The number of carboxylic acid groups (broad SMARTS) is 1. The van der Waals surface area contributed by atoms with E-state index in [0.29, 0.717) is 25.9 Å². The van der Waals surface area contributed by atoms with Crippen molar-refractivity contribution >= 4 is 11.9 Å². The second-order valence-electron chi connectivity index (χ2n) is 5.39. The number of hydrogen-bond acceptors (Lipinski definition) is 3. The predicted octanol–water partition coefficient (Wildman–Crippen LogP) is 0.945. The first kappa shape index (κ1) is 15.0. The molecule has 0 aromatic rings. The van der Waals surface area contributed by atoms with Gasteiger partial charge in [0.05, 0.1) is 5.41 Å². The van der Waals surface area contributed by atoms with Crippen molar-refractivity contribution in [2.45, 2.75) is 33.1 Å². The fourth-order valence-corrected chi connectivity index (χ4v) is 2.51. The summed E-state index contributed by atoms with van der Waals surface area (Å²) in [5, 5.41) is 12.4. The van der Waals surface area contributed by atoms with E-state index in [1.54, 1.807) is 4.90 Å². The fraction of sp³-hybridized carbons (Fsp3) is 0.846. The van der Waals surface area contributed by atoms with Crippen molar-refractivity contribution in [2.24, 2.45) is 11.3 Å². The summed E-state index contributed by atoms with van der Waals surface area (Å²) in [5.74, 6) is -0.651. The maximum Gasteiger partial charge on any atom is 0.311 e. The van der Waals surface area contributed by atoms with Gasteiger partial charge in [0.1, 0.15) is 0 Å². The number of carbonyl (C=O) groups excluding carboxylic acids is 1.